The van der Waals surface area contributed by atoms with Gasteiger partial charge in [0, 0.05) is 38.4 Å². The van der Waals surface area contributed by atoms with Gasteiger partial charge in [-0.25, -0.2) is 4.39 Å². The molecular formula is C17H25FN4O2. The summed E-state index contributed by atoms with van der Waals surface area (Å²) in [6.45, 7) is 7.71. The normalized spacial score (nSPS) is 17.3. The topological polar surface area (TPSA) is 64.7 Å². The molecule has 1 atom stereocenters. The molecule has 24 heavy (non-hydrogen) atoms. The minimum Gasteiger partial charge on any atom is -0.355 e. The van der Waals surface area contributed by atoms with Crippen molar-refractivity contribution < 1.29 is 14.0 Å². The third-order valence-electron chi connectivity index (χ3n) is 4.18. The summed E-state index contributed by atoms with van der Waals surface area (Å²) < 4.78 is 12.8. The standard InChI is InChI=1S/C17H25FN4O2/c1-3-19-17(24)13(2)22-10-8-21(9-11-22)12-16(23)20-15-6-4-14(18)5-7-15/h4-7,13H,3,8-12H2,1-2H3,(H,19,24)(H,20,23)/t13-/m0/s1. The lowest BCUT2D eigenvalue weighted by atomic mass is 10.2. The van der Waals surface area contributed by atoms with E-state index < -0.39 is 0 Å². The van der Waals surface area contributed by atoms with Gasteiger partial charge in [-0.1, -0.05) is 0 Å². The lowest BCUT2D eigenvalue weighted by Crippen LogP contribution is -2.54. The molecule has 1 aromatic carbocycles. The lowest BCUT2D eigenvalue weighted by molar-refractivity contribution is -0.127. The van der Waals surface area contributed by atoms with Gasteiger partial charge in [-0.15, -0.1) is 0 Å². The molecule has 2 amide bonds. The van der Waals surface area contributed by atoms with Gasteiger partial charge in [-0.3, -0.25) is 19.4 Å². The molecular weight excluding hydrogens is 311 g/mol. The molecule has 2 rings (SSSR count). The number of likely N-dealkylation sites (N-methyl/N-ethyl adjacent to an activating group) is 1. The van der Waals surface area contributed by atoms with Crippen LogP contribution in [0.15, 0.2) is 24.3 Å². The van der Waals surface area contributed by atoms with Crippen molar-refractivity contribution in [2.24, 2.45) is 0 Å². The Kier molecular flexibility index (Phi) is 6.69. The van der Waals surface area contributed by atoms with Crippen molar-refractivity contribution in [3.63, 3.8) is 0 Å². The Morgan fingerprint density at radius 3 is 2.38 bits per heavy atom. The van der Waals surface area contributed by atoms with E-state index in [9.17, 15) is 14.0 Å². The predicted octanol–water partition coefficient (Wildman–Crippen LogP) is 0.906. The van der Waals surface area contributed by atoms with Crippen LogP contribution in [0.3, 0.4) is 0 Å². The van der Waals surface area contributed by atoms with Crippen LogP contribution in [-0.2, 0) is 9.59 Å². The molecule has 6 nitrogen and oxygen atoms in total. The first-order valence-corrected chi connectivity index (χ1v) is 8.29. The summed E-state index contributed by atoms with van der Waals surface area (Å²) >= 11 is 0. The SMILES string of the molecule is CCNC(=O)[C@H](C)N1CCN(CC(=O)Nc2ccc(F)cc2)CC1. The fourth-order valence-corrected chi connectivity index (χ4v) is 2.73. The van der Waals surface area contributed by atoms with E-state index in [0.29, 0.717) is 18.8 Å². The number of hydrogen-bond donors (Lipinski definition) is 2. The van der Waals surface area contributed by atoms with E-state index in [2.05, 4.69) is 20.4 Å². The highest BCUT2D eigenvalue weighted by Crippen LogP contribution is 2.10. The second kappa shape index (κ2) is 8.75. The van der Waals surface area contributed by atoms with Gasteiger partial charge in [0.25, 0.3) is 0 Å². The molecule has 0 aromatic heterocycles. The van der Waals surface area contributed by atoms with Crippen LogP contribution in [0.1, 0.15) is 13.8 Å². The molecule has 7 heteroatoms. The second-order valence-electron chi connectivity index (χ2n) is 5.94. The van der Waals surface area contributed by atoms with Crippen LogP contribution < -0.4 is 10.6 Å². The molecule has 1 heterocycles. The minimum atomic E-state index is -0.328. The number of carbonyl (C=O) groups is 2. The van der Waals surface area contributed by atoms with Crippen LogP contribution in [0.4, 0.5) is 10.1 Å². The van der Waals surface area contributed by atoms with E-state index in [-0.39, 0.29) is 23.7 Å². The van der Waals surface area contributed by atoms with Gasteiger partial charge >= 0.3 is 0 Å². The van der Waals surface area contributed by atoms with Crippen molar-refractivity contribution in [3.05, 3.63) is 30.1 Å². The van der Waals surface area contributed by atoms with Gasteiger partial charge in [-0.2, -0.15) is 0 Å². The first-order valence-electron chi connectivity index (χ1n) is 8.29. The van der Waals surface area contributed by atoms with Crippen LogP contribution in [-0.4, -0.2) is 66.9 Å². The number of halogens is 1. The summed E-state index contributed by atoms with van der Waals surface area (Å²) in [4.78, 5) is 28.1. The quantitative estimate of drug-likeness (QED) is 0.810. The van der Waals surface area contributed by atoms with Gasteiger partial charge in [0.05, 0.1) is 12.6 Å². The summed E-state index contributed by atoms with van der Waals surface area (Å²) in [5, 5.41) is 5.59. The Balaban J connectivity index is 1.75. The zero-order valence-electron chi connectivity index (χ0n) is 14.2. The van der Waals surface area contributed by atoms with Gasteiger partial charge < -0.3 is 10.6 Å². The maximum Gasteiger partial charge on any atom is 0.238 e. The van der Waals surface area contributed by atoms with Gasteiger partial charge in [0.15, 0.2) is 0 Å². The van der Waals surface area contributed by atoms with Gasteiger partial charge in [-0.05, 0) is 38.1 Å². The highest BCUT2D eigenvalue weighted by molar-refractivity contribution is 5.92. The lowest BCUT2D eigenvalue weighted by Gasteiger charge is -2.37. The molecule has 0 unspecified atom stereocenters. The van der Waals surface area contributed by atoms with E-state index in [1.54, 1.807) is 12.1 Å². The number of piperazine rings is 1. The monoisotopic (exact) mass is 336 g/mol. The number of carbonyl (C=O) groups excluding carboxylic acids is 2. The Bertz CT molecular complexity index is 556. The smallest absolute Gasteiger partial charge is 0.238 e. The Morgan fingerprint density at radius 1 is 1.17 bits per heavy atom. The molecule has 1 saturated heterocycles. The van der Waals surface area contributed by atoms with E-state index in [1.807, 2.05) is 13.8 Å². The summed E-state index contributed by atoms with van der Waals surface area (Å²) in [6.07, 6.45) is 0. The maximum absolute atomic E-state index is 12.8. The van der Waals surface area contributed by atoms with Crippen molar-refractivity contribution in [3.8, 4) is 0 Å². The summed E-state index contributed by atoms with van der Waals surface area (Å²) in [7, 11) is 0. The Hall–Kier alpha value is -1.99. The number of nitrogens with zero attached hydrogens (tertiary/aromatic N) is 2. The average molecular weight is 336 g/mol. The highest BCUT2D eigenvalue weighted by Gasteiger charge is 2.25. The third-order valence-corrected chi connectivity index (χ3v) is 4.18. The molecule has 1 aliphatic rings. The predicted molar refractivity (Wildman–Crippen MR) is 91.2 cm³/mol. The molecule has 0 bridgehead atoms. The largest absolute Gasteiger partial charge is 0.355 e. The van der Waals surface area contributed by atoms with E-state index in [4.69, 9.17) is 0 Å². The molecule has 1 aliphatic heterocycles. The fraction of sp³-hybridized carbons (Fsp3) is 0.529. The highest BCUT2D eigenvalue weighted by atomic mass is 19.1. The molecule has 0 saturated carbocycles. The van der Waals surface area contributed by atoms with E-state index in [0.717, 1.165) is 26.2 Å². The van der Waals surface area contributed by atoms with Crippen molar-refractivity contribution in [2.75, 3.05) is 44.6 Å². The summed E-state index contributed by atoms with van der Waals surface area (Å²) in [5.41, 5.74) is 0.588. The molecule has 0 radical (unpaired) electrons. The molecule has 2 N–H and O–H groups in total. The first kappa shape index (κ1) is 18.4. The molecule has 1 aromatic rings. The summed E-state index contributed by atoms with van der Waals surface area (Å²) in [6, 6.07) is 5.56. The number of benzene rings is 1. The Morgan fingerprint density at radius 2 is 1.79 bits per heavy atom. The number of anilines is 1. The van der Waals surface area contributed by atoms with Crippen molar-refractivity contribution >= 4 is 17.5 Å². The van der Waals surface area contributed by atoms with Gasteiger partial charge in [0.2, 0.25) is 11.8 Å². The summed E-state index contributed by atoms with van der Waals surface area (Å²) in [5.74, 6) is -0.405. The Labute approximate surface area is 142 Å². The number of rotatable bonds is 6. The second-order valence-corrected chi connectivity index (χ2v) is 5.94. The molecule has 0 spiro atoms. The number of hydrogen-bond acceptors (Lipinski definition) is 4. The number of nitrogens with one attached hydrogen (secondary N) is 2. The van der Waals surface area contributed by atoms with Crippen LogP contribution in [0, 0.1) is 5.82 Å². The van der Waals surface area contributed by atoms with Crippen molar-refractivity contribution in [1.29, 1.82) is 0 Å². The van der Waals surface area contributed by atoms with E-state index >= 15 is 0 Å². The first-order chi connectivity index (χ1) is 11.5. The van der Waals surface area contributed by atoms with Crippen LogP contribution in [0.2, 0.25) is 0 Å². The van der Waals surface area contributed by atoms with E-state index in [1.165, 1.54) is 12.1 Å². The number of amides is 2. The molecule has 1 fully saturated rings. The minimum absolute atomic E-state index is 0.0417. The zero-order valence-corrected chi connectivity index (χ0v) is 14.2. The van der Waals surface area contributed by atoms with Gasteiger partial charge in [0.1, 0.15) is 5.82 Å². The van der Waals surface area contributed by atoms with Crippen LogP contribution in [0.5, 0.6) is 0 Å². The fourth-order valence-electron chi connectivity index (χ4n) is 2.73. The zero-order chi connectivity index (χ0) is 17.5. The van der Waals surface area contributed by atoms with Crippen LogP contribution >= 0.6 is 0 Å². The maximum atomic E-state index is 12.8. The molecule has 132 valence electrons. The van der Waals surface area contributed by atoms with Crippen molar-refractivity contribution in [2.45, 2.75) is 19.9 Å². The molecule has 0 aliphatic carbocycles. The van der Waals surface area contributed by atoms with Crippen molar-refractivity contribution in [1.82, 2.24) is 15.1 Å². The average Bonchev–Trinajstić information content (AvgIpc) is 2.57. The third kappa shape index (κ3) is 5.28. The van der Waals surface area contributed by atoms with Crippen LogP contribution in [0.25, 0.3) is 0 Å².